The third kappa shape index (κ3) is 2.74. The Balaban J connectivity index is 1.75. The maximum atomic E-state index is 6.40. The van der Waals surface area contributed by atoms with Crippen LogP contribution in [0.4, 0.5) is 0 Å². The lowest BCUT2D eigenvalue weighted by Gasteiger charge is -2.16. The van der Waals surface area contributed by atoms with E-state index < -0.39 is 0 Å². The minimum atomic E-state index is 0.742. The molecule has 0 radical (unpaired) electrons. The molecular formula is C32H20ClN. The number of hydrogen-bond donors (Lipinski definition) is 0. The molecule has 0 amide bonds. The Morgan fingerprint density at radius 3 is 1.91 bits per heavy atom. The maximum absolute atomic E-state index is 6.40. The monoisotopic (exact) mass is 453 g/mol. The summed E-state index contributed by atoms with van der Waals surface area (Å²) in [4.78, 5) is 0. The molecule has 0 saturated heterocycles. The molecule has 0 saturated carbocycles. The van der Waals surface area contributed by atoms with Crippen molar-refractivity contribution in [1.29, 1.82) is 0 Å². The molecule has 1 heterocycles. The van der Waals surface area contributed by atoms with E-state index in [1.165, 1.54) is 43.4 Å². The van der Waals surface area contributed by atoms with Crippen LogP contribution in [0.15, 0.2) is 121 Å². The summed E-state index contributed by atoms with van der Waals surface area (Å²) < 4.78 is 2.44. The fraction of sp³-hybridized carbons (Fsp3) is 0. The second kappa shape index (κ2) is 7.48. The van der Waals surface area contributed by atoms with Crippen LogP contribution in [0.5, 0.6) is 0 Å². The third-order valence-electron chi connectivity index (χ3n) is 6.82. The van der Waals surface area contributed by atoms with E-state index in [9.17, 15) is 0 Å². The summed E-state index contributed by atoms with van der Waals surface area (Å²) in [5.41, 5.74) is 5.86. The molecule has 7 rings (SSSR count). The molecule has 0 aliphatic carbocycles. The Morgan fingerprint density at radius 2 is 1.12 bits per heavy atom. The van der Waals surface area contributed by atoms with E-state index >= 15 is 0 Å². The Hall–Kier alpha value is -4.07. The zero-order valence-electron chi connectivity index (χ0n) is 18.4. The molecule has 0 aliphatic rings. The summed E-state index contributed by atoms with van der Waals surface area (Å²) in [5.74, 6) is 0. The number of para-hydroxylation sites is 2. The van der Waals surface area contributed by atoms with Gasteiger partial charge in [0, 0.05) is 26.7 Å². The number of nitrogens with zero attached hydrogens (tertiary/aromatic N) is 1. The normalized spacial score (nSPS) is 11.7. The second-order valence-corrected chi connectivity index (χ2v) is 9.13. The van der Waals surface area contributed by atoms with Crippen molar-refractivity contribution in [2.75, 3.05) is 0 Å². The van der Waals surface area contributed by atoms with E-state index in [4.69, 9.17) is 11.6 Å². The average molecular weight is 454 g/mol. The van der Waals surface area contributed by atoms with E-state index in [0.717, 1.165) is 21.8 Å². The molecule has 160 valence electrons. The smallest absolute Gasteiger partial charge is 0.0626 e. The quantitative estimate of drug-likeness (QED) is 0.230. The molecule has 0 aliphatic heterocycles. The minimum absolute atomic E-state index is 0.742. The predicted octanol–water partition coefficient (Wildman–Crippen LogP) is 9.41. The van der Waals surface area contributed by atoms with Crippen LogP contribution in [0.1, 0.15) is 0 Å². The summed E-state index contributed by atoms with van der Waals surface area (Å²) in [6.45, 7) is 0. The van der Waals surface area contributed by atoms with Crippen molar-refractivity contribution in [3.63, 3.8) is 0 Å². The molecule has 0 unspecified atom stereocenters. The van der Waals surface area contributed by atoms with Gasteiger partial charge in [0.25, 0.3) is 0 Å². The molecule has 0 spiro atoms. The first kappa shape index (κ1) is 19.4. The van der Waals surface area contributed by atoms with Gasteiger partial charge in [0.1, 0.15) is 0 Å². The van der Waals surface area contributed by atoms with Crippen LogP contribution in [-0.2, 0) is 0 Å². The third-order valence-corrected chi connectivity index (χ3v) is 7.06. The fourth-order valence-electron chi connectivity index (χ4n) is 5.45. The molecule has 0 bridgehead atoms. The van der Waals surface area contributed by atoms with Gasteiger partial charge in [-0.05, 0) is 46.0 Å². The van der Waals surface area contributed by atoms with Crippen LogP contribution in [0.2, 0.25) is 5.02 Å². The zero-order valence-corrected chi connectivity index (χ0v) is 19.1. The number of hydrogen-bond acceptors (Lipinski definition) is 0. The Kier molecular flexibility index (Phi) is 4.27. The van der Waals surface area contributed by atoms with E-state index in [0.29, 0.717) is 0 Å². The van der Waals surface area contributed by atoms with Gasteiger partial charge in [-0.15, -0.1) is 0 Å². The molecular weight excluding hydrogens is 434 g/mol. The molecule has 1 aromatic heterocycles. The summed E-state index contributed by atoms with van der Waals surface area (Å²) >= 11 is 6.40. The number of aromatic nitrogens is 1. The van der Waals surface area contributed by atoms with Gasteiger partial charge in [-0.2, -0.15) is 0 Å². The number of benzene rings is 6. The van der Waals surface area contributed by atoms with Crippen LogP contribution in [-0.4, -0.2) is 4.57 Å². The highest BCUT2D eigenvalue weighted by Crippen LogP contribution is 2.43. The van der Waals surface area contributed by atoms with E-state index in [2.05, 4.69) is 108 Å². The van der Waals surface area contributed by atoms with Crippen molar-refractivity contribution in [2.45, 2.75) is 0 Å². The van der Waals surface area contributed by atoms with Gasteiger partial charge in [0.05, 0.1) is 16.7 Å². The topological polar surface area (TPSA) is 4.93 Å². The lowest BCUT2D eigenvalue weighted by molar-refractivity contribution is 1.19. The summed E-state index contributed by atoms with van der Waals surface area (Å²) in [6.07, 6.45) is 0. The van der Waals surface area contributed by atoms with Gasteiger partial charge >= 0.3 is 0 Å². The first-order valence-electron chi connectivity index (χ1n) is 11.5. The highest BCUT2D eigenvalue weighted by Gasteiger charge is 2.20. The van der Waals surface area contributed by atoms with Crippen LogP contribution in [0, 0.1) is 0 Å². The van der Waals surface area contributed by atoms with Crippen molar-refractivity contribution in [3.8, 4) is 16.8 Å². The van der Waals surface area contributed by atoms with Crippen molar-refractivity contribution < 1.29 is 0 Å². The highest BCUT2D eigenvalue weighted by atomic mass is 35.5. The summed E-state index contributed by atoms with van der Waals surface area (Å²) in [7, 11) is 0. The van der Waals surface area contributed by atoms with E-state index in [1.54, 1.807) is 0 Å². The van der Waals surface area contributed by atoms with Gasteiger partial charge in [-0.25, -0.2) is 0 Å². The number of fused-ring (bicyclic) bond motifs is 8. The Labute approximate surface area is 202 Å². The van der Waals surface area contributed by atoms with E-state index in [-0.39, 0.29) is 0 Å². The molecule has 0 N–H and O–H groups in total. The van der Waals surface area contributed by atoms with Crippen molar-refractivity contribution in [2.24, 2.45) is 0 Å². The van der Waals surface area contributed by atoms with Gasteiger partial charge in [-0.3, -0.25) is 0 Å². The zero-order chi connectivity index (χ0) is 22.6. The van der Waals surface area contributed by atoms with Crippen molar-refractivity contribution in [1.82, 2.24) is 4.57 Å². The fourth-order valence-corrected chi connectivity index (χ4v) is 5.64. The number of rotatable bonds is 2. The predicted molar refractivity (Wildman–Crippen MR) is 146 cm³/mol. The second-order valence-electron chi connectivity index (χ2n) is 8.69. The average Bonchev–Trinajstić information content (AvgIpc) is 3.24. The van der Waals surface area contributed by atoms with Gasteiger partial charge in [0.15, 0.2) is 0 Å². The SMILES string of the molecule is Clc1cccc(-c2ccccc2-n2c3ccccc3c3c4ccccc4c4ccccc4c32)c1. The van der Waals surface area contributed by atoms with E-state index in [1.807, 2.05) is 18.2 Å². The molecule has 6 aromatic carbocycles. The van der Waals surface area contributed by atoms with Crippen LogP contribution < -0.4 is 0 Å². The molecule has 0 atom stereocenters. The first-order valence-corrected chi connectivity index (χ1v) is 11.9. The summed E-state index contributed by atoms with van der Waals surface area (Å²) in [6, 6.07) is 43.0. The summed E-state index contributed by atoms with van der Waals surface area (Å²) in [5, 5.41) is 8.41. The molecule has 7 aromatic rings. The minimum Gasteiger partial charge on any atom is -0.308 e. The van der Waals surface area contributed by atoms with Gasteiger partial charge in [-0.1, -0.05) is 109 Å². The largest absolute Gasteiger partial charge is 0.308 e. The van der Waals surface area contributed by atoms with Crippen molar-refractivity contribution >= 4 is 55.0 Å². The van der Waals surface area contributed by atoms with Crippen molar-refractivity contribution in [3.05, 3.63) is 126 Å². The highest BCUT2D eigenvalue weighted by molar-refractivity contribution is 6.32. The van der Waals surface area contributed by atoms with Crippen LogP contribution >= 0.6 is 11.6 Å². The Morgan fingerprint density at radius 1 is 0.500 bits per heavy atom. The first-order chi connectivity index (χ1) is 16.8. The van der Waals surface area contributed by atoms with Crippen LogP contribution in [0.25, 0.3) is 60.2 Å². The molecule has 34 heavy (non-hydrogen) atoms. The maximum Gasteiger partial charge on any atom is 0.0626 e. The van der Waals surface area contributed by atoms with Crippen LogP contribution in [0.3, 0.4) is 0 Å². The lowest BCUT2D eigenvalue weighted by Crippen LogP contribution is -1.98. The molecule has 1 nitrogen and oxygen atoms in total. The van der Waals surface area contributed by atoms with Gasteiger partial charge in [0.2, 0.25) is 0 Å². The number of halogens is 1. The standard InChI is InChI=1S/C32H20ClN/c33-22-11-9-10-21(20-22)23-12-5-7-18-29(23)34-30-19-8-6-17-28(30)31-26-15-3-1-13-24(26)25-14-2-4-16-27(25)32(31)34/h1-20H. The lowest BCUT2D eigenvalue weighted by atomic mass is 9.96. The van der Waals surface area contributed by atoms with Gasteiger partial charge < -0.3 is 4.57 Å². The molecule has 0 fully saturated rings. The molecule has 2 heteroatoms. The Bertz CT molecular complexity index is 1880.